The van der Waals surface area contributed by atoms with Crippen molar-refractivity contribution in [1.82, 2.24) is 4.98 Å². The monoisotopic (exact) mass is 263 g/mol. The molecule has 1 aromatic carbocycles. The van der Waals surface area contributed by atoms with Crippen molar-refractivity contribution >= 4 is 17.6 Å². The van der Waals surface area contributed by atoms with Gasteiger partial charge in [-0.15, -0.1) is 0 Å². The summed E-state index contributed by atoms with van der Waals surface area (Å²) in [4.78, 5) is 15.1. The fourth-order valence-corrected chi connectivity index (χ4v) is 1.90. The SMILES string of the molecule is COc1ccc(-c2cnccc2C(=O)O)cc1Cl. The first-order valence-electron chi connectivity index (χ1n) is 5.14. The van der Waals surface area contributed by atoms with Crippen LogP contribution in [0.3, 0.4) is 0 Å². The van der Waals surface area contributed by atoms with E-state index in [-0.39, 0.29) is 5.56 Å². The largest absolute Gasteiger partial charge is 0.495 e. The van der Waals surface area contributed by atoms with Crippen LogP contribution in [0, 0.1) is 0 Å². The molecule has 0 radical (unpaired) electrons. The Kier molecular flexibility index (Phi) is 3.48. The second-order valence-electron chi connectivity index (χ2n) is 3.58. The van der Waals surface area contributed by atoms with Gasteiger partial charge in [-0.05, 0) is 23.8 Å². The van der Waals surface area contributed by atoms with E-state index in [0.29, 0.717) is 21.9 Å². The Balaban J connectivity index is 2.55. The molecule has 0 saturated carbocycles. The highest BCUT2D eigenvalue weighted by atomic mass is 35.5. The molecule has 0 bridgehead atoms. The maximum Gasteiger partial charge on any atom is 0.336 e. The van der Waals surface area contributed by atoms with E-state index in [4.69, 9.17) is 21.4 Å². The first-order chi connectivity index (χ1) is 8.63. The number of halogens is 1. The average Bonchev–Trinajstić information content (AvgIpc) is 2.38. The fourth-order valence-electron chi connectivity index (χ4n) is 1.64. The smallest absolute Gasteiger partial charge is 0.336 e. The normalized spacial score (nSPS) is 10.1. The third-order valence-electron chi connectivity index (χ3n) is 2.51. The summed E-state index contributed by atoms with van der Waals surface area (Å²) in [6.45, 7) is 0. The molecule has 2 rings (SSSR count). The number of carboxylic acid groups (broad SMARTS) is 1. The van der Waals surface area contributed by atoms with Gasteiger partial charge in [0.1, 0.15) is 5.75 Å². The summed E-state index contributed by atoms with van der Waals surface area (Å²) in [6.07, 6.45) is 2.94. The number of pyridine rings is 1. The highest BCUT2D eigenvalue weighted by Gasteiger charge is 2.12. The lowest BCUT2D eigenvalue weighted by molar-refractivity contribution is 0.0697. The van der Waals surface area contributed by atoms with Gasteiger partial charge >= 0.3 is 5.97 Å². The number of nitrogens with zero attached hydrogens (tertiary/aromatic N) is 1. The van der Waals surface area contributed by atoms with Crippen molar-refractivity contribution in [3.05, 3.63) is 47.2 Å². The Morgan fingerprint density at radius 1 is 1.39 bits per heavy atom. The number of hydrogen-bond acceptors (Lipinski definition) is 3. The van der Waals surface area contributed by atoms with Crippen LogP contribution in [-0.2, 0) is 0 Å². The number of ether oxygens (including phenoxy) is 1. The Morgan fingerprint density at radius 2 is 2.17 bits per heavy atom. The molecule has 0 aliphatic rings. The van der Waals surface area contributed by atoms with E-state index in [2.05, 4.69) is 4.98 Å². The van der Waals surface area contributed by atoms with E-state index < -0.39 is 5.97 Å². The molecule has 4 nitrogen and oxygen atoms in total. The van der Waals surface area contributed by atoms with Crippen molar-refractivity contribution < 1.29 is 14.6 Å². The van der Waals surface area contributed by atoms with Gasteiger partial charge in [-0.3, -0.25) is 4.98 Å². The van der Waals surface area contributed by atoms with Gasteiger partial charge in [0.05, 0.1) is 17.7 Å². The Labute approximate surface area is 109 Å². The van der Waals surface area contributed by atoms with Gasteiger partial charge in [0, 0.05) is 18.0 Å². The van der Waals surface area contributed by atoms with Crippen LogP contribution in [-0.4, -0.2) is 23.2 Å². The molecular formula is C13H10ClNO3. The molecule has 0 amide bonds. The van der Waals surface area contributed by atoms with Gasteiger partial charge in [0.25, 0.3) is 0 Å². The van der Waals surface area contributed by atoms with Crippen molar-refractivity contribution in [2.45, 2.75) is 0 Å². The van der Waals surface area contributed by atoms with Crippen LogP contribution in [0.2, 0.25) is 5.02 Å². The molecule has 0 spiro atoms. The summed E-state index contributed by atoms with van der Waals surface area (Å²) in [6, 6.07) is 6.55. The molecule has 0 aliphatic heterocycles. The van der Waals surface area contributed by atoms with Gasteiger partial charge in [-0.1, -0.05) is 17.7 Å². The number of aromatic nitrogens is 1. The lowest BCUT2D eigenvalue weighted by atomic mass is 10.0. The molecule has 1 heterocycles. The molecule has 0 aliphatic carbocycles. The number of hydrogen-bond donors (Lipinski definition) is 1. The molecule has 2 aromatic rings. The van der Waals surface area contributed by atoms with Crippen molar-refractivity contribution in [3.63, 3.8) is 0 Å². The number of aromatic carboxylic acids is 1. The zero-order chi connectivity index (χ0) is 13.1. The molecular weight excluding hydrogens is 254 g/mol. The number of methoxy groups -OCH3 is 1. The maximum atomic E-state index is 11.1. The molecule has 92 valence electrons. The van der Waals surface area contributed by atoms with Gasteiger partial charge in [0.15, 0.2) is 0 Å². The first kappa shape index (κ1) is 12.4. The lowest BCUT2D eigenvalue weighted by Crippen LogP contribution is -2.00. The van der Waals surface area contributed by atoms with Crippen molar-refractivity contribution in [2.75, 3.05) is 7.11 Å². The summed E-state index contributed by atoms with van der Waals surface area (Å²) in [5.74, 6) is -0.458. The van der Waals surface area contributed by atoms with Gasteiger partial charge in [-0.25, -0.2) is 4.79 Å². The molecule has 0 fully saturated rings. The Morgan fingerprint density at radius 3 is 2.78 bits per heavy atom. The Bertz CT molecular complexity index is 599. The van der Waals surface area contributed by atoms with E-state index in [1.165, 1.54) is 25.6 Å². The maximum absolute atomic E-state index is 11.1. The molecule has 1 aromatic heterocycles. The second kappa shape index (κ2) is 5.06. The van der Waals surface area contributed by atoms with E-state index in [9.17, 15) is 4.79 Å². The summed E-state index contributed by atoms with van der Waals surface area (Å²) in [5, 5.41) is 9.54. The molecule has 0 atom stereocenters. The topological polar surface area (TPSA) is 59.4 Å². The minimum atomic E-state index is -1.00. The van der Waals surface area contributed by atoms with Crippen LogP contribution >= 0.6 is 11.6 Å². The highest BCUT2D eigenvalue weighted by molar-refractivity contribution is 6.32. The van der Waals surface area contributed by atoms with E-state index in [1.54, 1.807) is 18.2 Å². The molecule has 0 unspecified atom stereocenters. The minimum absolute atomic E-state index is 0.186. The molecule has 5 heteroatoms. The van der Waals surface area contributed by atoms with Crippen LogP contribution < -0.4 is 4.74 Å². The third-order valence-corrected chi connectivity index (χ3v) is 2.81. The number of carbonyl (C=O) groups is 1. The molecule has 0 saturated heterocycles. The second-order valence-corrected chi connectivity index (χ2v) is 3.98. The van der Waals surface area contributed by atoms with E-state index in [1.807, 2.05) is 0 Å². The van der Waals surface area contributed by atoms with Crippen LogP contribution in [0.15, 0.2) is 36.7 Å². The summed E-state index contributed by atoms with van der Waals surface area (Å²) in [7, 11) is 1.52. The van der Waals surface area contributed by atoms with E-state index in [0.717, 1.165) is 0 Å². The first-order valence-corrected chi connectivity index (χ1v) is 5.52. The summed E-state index contributed by atoms with van der Waals surface area (Å²) in [5.41, 5.74) is 1.40. The van der Waals surface area contributed by atoms with Crippen LogP contribution in [0.1, 0.15) is 10.4 Å². The summed E-state index contributed by atoms with van der Waals surface area (Å²) < 4.78 is 5.05. The predicted octanol–water partition coefficient (Wildman–Crippen LogP) is 3.11. The van der Waals surface area contributed by atoms with Gasteiger partial charge in [-0.2, -0.15) is 0 Å². The quantitative estimate of drug-likeness (QED) is 0.924. The zero-order valence-corrected chi connectivity index (χ0v) is 10.3. The van der Waals surface area contributed by atoms with Gasteiger partial charge < -0.3 is 9.84 Å². The Hall–Kier alpha value is -2.07. The van der Waals surface area contributed by atoms with Crippen LogP contribution in [0.25, 0.3) is 11.1 Å². The van der Waals surface area contributed by atoms with Crippen LogP contribution in [0.4, 0.5) is 0 Å². The third kappa shape index (κ3) is 2.28. The number of rotatable bonds is 3. The van der Waals surface area contributed by atoms with Crippen LogP contribution in [0.5, 0.6) is 5.75 Å². The number of carboxylic acids is 1. The van der Waals surface area contributed by atoms with Gasteiger partial charge in [0.2, 0.25) is 0 Å². The van der Waals surface area contributed by atoms with Crippen molar-refractivity contribution in [3.8, 4) is 16.9 Å². The number of benzene rings is 1. The molecule has 1 N–H and O–H groups in total. The molecule has 18 heavy (non-hydrogen) atoms. The zero-order valence-electron chi connectivity index (χ0n) is 9.55. The lowest BCUT2D eigenvalue weighted by Gasteiger charge is -2.08. The standard InChI is InChI=1S/C13H10ClNO3/c1-18-12-3-2-8(6-11(12)14)10-7-15-5-4-9(10)13(16)17/h2-7H,1H3,(H,16,17). The van der Waals surface area contributed by atoms with Crippen molar-refractivity contribution in [1.29, 1.82) is 0 Å². The summed E-state index contributed by atoms with van der Waals surface area (Å²) >= 11 is 6.02. The fraction of sp³-hybridized carbons (Fsp3) is 0.0769. The predicted molar refractivity (Wildman–Crippen MR) is 68.2 cm³/mol. The highest BCUT2D eigenvalue weighted by Crippen LogP contribution is 2.31. The minimum Gasteiger partial charge on any atom is -0.495 e. The van der Waals surface area contributed by atoms with E-state index >= 15 is 0 Å². The van der Waals surface area contributed by atoms with Crippen molar-refractivity contribution in [2.24, 2.45) is 0 Å². The average molecular weight is 264 g/mol.